The number of aliphatic imine (C=N–C) groups is 1. The van der Waals surface area contributed by atoms with E-state index in [0.717, 1.165) is 18.5 Å². The molecule has 1 heterocycles. The van der Waals surface area contributed by atoms with Crippen molar-refractivity contribution >= 4 is 17.9 Å². The van der Waals surface area contributed by atoms with E-state index in [2.05, 4.69) is 14.6 Å². The van der Waals surface area contributed by atoms with E-state index in [4.69, 9.17) is 11.0 Å². The van der Waals surface area contributed by atoms with Crippen LogP contribution in [0.2, 0.25) is 0 Å². The van der Waals surface area contributed by atoms with Crippen LogP contribution in [0.3, 0.4) is 0 Å². The largest absolute Gasteiger partial charge is 0.369 e. The maximum absolute atomic E-state index is 8.33. The van der Waals surface area contributed by atoms with E-state index in [9.17, 15) is 0 Å². The number of guanidine groups is 1. The summed E-state index contributed by atoms with van der Waals surface area (Å²) in [6, 6.07) is 0. The average molecular weight is 255 g/mol. The number of hydrogen-bond donors (Lipinski definition) is 2. The molecule has 0 saturated carbocycles. The molecule has 1 rings (SSSR count). The lowest BCUT2D eigenvalue weighted by Gasteiger charge is -2.23. The van der Waals surface area contributed by atoms with Gasteiger partial charge in [-0.2, -0.15) is 5.26 Å². The SMILES string of the molecule is N#CSNC(N)=NCCN1CCCCCCC1. The summed E-state index contributed by atoms with van der Waals surface area (Å²) in [4.78, 5) is 6.63. The normalized spacial score (nSPS) is 19.1. The Morgan fingerprint density at radius 1 is 1.29 bits per heavy atom. The molecule has 0 aromatic carbocycles. The van der Waals surface area contributed by atoms with E-state index in [0.29, 0.717) is 12.5 Å². The second-order valence-electron chi connectivity index (χ2n) is 4.17. The van der Waals surface area contributed by atoms with Gasteiger partial charge in [-0.05, 0) is 25.9 Å². The van der Waals surface area contributed by atoms with Crippen LogP contribution in [0, 0.1) is 10.7 Å². The third-order valence-corrected chi connectivity index (χ3v) is 3.25. The molecule has 1 aliphatic heterocycles. The lowest BCUT2D eigenvalue weighted by atomic mass is 10.1. The van der Waals surface area contributed by atoms with Crippen molar-refractivity contribution < 1.29 is 0 Å². The minimum atomic E-state index is 0.337. The number of rotatable bonds is 4. The Bertz CT molecular complexity index is 266. The van der Waals surface area contributed by atoms with Crippen molar-refractivity contribution in [3.8, 4) is 5.40 Å². The Labute approximate surface area is 108 Å². The van der Waals surface area contributed by atoms with Gasteiger partial charge in [-0.15, -0.1) is 0 Å². The Balaban J connectivity index is 2.17. The molecule has 0 amide bonds. The highest BCUT2D eigenvalue weighted by Crippen LogP contribution is 2.09. The fourth-order valence-electron chi connectivity index (χ4n) is 1.96. The molecule has 6 heteroatoms. The highest BCUT2D eigenvalue weighted by molar-refractivity contribution is 8.02. The van der Waals surface area contributed by atoms with Crippen LogP contribution in [0.25, 0.3) is 0 Å². The topological polar surface area (TPSA) is 77.4 Å². The molecule has 0 radical (unpaired) electrons. The molecule has 5 nitrogen and oxygen atoms in total. The maximum Gasteiger partial charge on any atom is 0.199 e. The van der Waals surface area contributed by atoms with Crippen LogP contribution in [-0.4, -0.2) is 37.0 Å². The fourth-order valence-corrected chi connectivity index (χ4v) is 2.17. The molecule has 1 aliphatic rings. The van der Waals surface area contributed by atoms with E-state index >= 15 is 0 Å². The van der Waals surface area contributed by atoms with Gasteiger partial charge in [0.05, 0.1) is 18.5 Å². The van der Waals surface area contributed by atoms with Gasteiger partial charge in [0.15, 0.2) is 11.4 Å². The predicted molar refractivity (Wildman–Crippen MR) is 72.4 cm³/mol. The first-order valence-electron chi connectivity index (χ1n) is 6.16. The zero-order valence-corrected chi connectivity index (χ0v) is 11.0. The average Bonchev–Trinajstić information content (AvgIpc) is 2.29. The molecule has 3 N–H and O–H groups in total. The molecule has 0 atom stereocenters. The minimum absolute atomic E-state index is 0.337. The third kappa shape index (κ3) is 7.08. The van der Waals surface area contributed by atoms with Gasteiger partial charge in [0, 0.05) is 6.54 Å². The van der Waals surface area contributed by atoms with Crippen molar-refractivity contribution in [1.82, 2.24) is 9.62 Å². The Kier molecular flexibility index (Phi) is 7.60. The monoisotopic (exact) mass is 255 g/mol. The number of nitrogens with one attached hydrogen (secondary N) is 1. The second-order valence-corrected chi connectivity index (χ2v) is 4.76. The highest BCUT2D eigenvalue weighted by Gasteiger charge is 2.06. The molecule has 1 saturated heterocycles. The standard InChI is InChI=1S/C11H21N5S/c12-10-17-15-11(13)14-6-9-16-7-4-2-1-3-5-8-16/h1-9H2,(H3,13,14,15). The van der Waals surface area contributed by atoms with Crippen LogP contribution < -0.4 is 10.5 Å². The number of thiocyanates is 1. The van der Waals surface area contributed by atoms with Crippen LogP contribution in [0.4, 0.5) is 0 Å². The maximum atomic E-state index is 8.33. The van der Waals surface area contributed by atoms with Gasteiger partial charge in [0.25, 0.3) is 0 Å². The quantitative estimate of drug-likeness (QED) is 0.342. The van der Waals surface area contributed by atoms with Crippen LogP contribution >= 0.6 is 11.9 Å². The molecule has 0 spiro atoms. The van der Waals surface area contributed by atoms with Crippen LogP contribution in [0.5, 0.6) is 0 Å². The number of nitrogens with zero attached hydrogens (tertiary/aromatic N) is 3. The summed E-state index contributed by atoms with van der Waals surface area (Å²) in [5, 5.41) is 10.2. The van der Waals surface area contributed by atoms with E-state index in [-0.39, 0.29) is 0 Å². The second kappa shape index (κ2) is 9.14. The van der Waals surface area contributed by atoms with Gasteiger partial charge in [-0.1, -0.05) is 19.3 Å². The van der Waals surface area contributed by atoms with Crippen molar-refractivity contribution in [1.29, 1.82) is 5.26 Å². The molecular formula is C11H21N5S. The van der Waals surface area contributed by atoms with Crippen LogP contribution in [-0.2, 0) is 0 Å². The van der Waals surface area contributed by atoms with Crippen molar-refractivity contribution in [2.75, 3.05) is 26.2 Å². The summed E-state index contributed by atoms with van der Waals surface area (Å²) in [6.45, 7) is 4.01. The Morgan fingerprint density at radius 2 is 1.94 bits per heavy atom. The van der Waals surface area contributed by atoms with Gasteiger partial charge in [0.2, 0.25) is 0 Å². The van der Waals surface area contributed by atoms with Crippen molar-refractivity contribution in [2.24, 2.45) is 10.7 Å². The number of likely N-dealkylation sites (tertiary alicyclic amines) is 1. The van der Waals surface area contributed by atoms with Gasteiger partial charge in [0.1, 0.15) is 0 Å². The first-order chi connectivity index (χ1) is 8.33. The number of nitrogens with two attached hydrogens (primary N) is 1. The summed E-state index contributed by atoms with van der Waals surface area (Å²) < 4.78 is 2.66. The summed E-state index contributed by atoms with van der Waals surface area (Å²) in [7, 11) is 0. The molecule has 0 aromatic heterocycles. The molecule has 0 aromatic rings. The van der Waals surface area contributed by atoms with Gasteiger partial charge >= 0.3 is 0 Å². The molecule has 0 unspecified atom stereocenters. The molecular weight excluding hydrogens is 234 g/mol. The Hall–Kier alpha value is -0.930. The number of hydrogen-bond acceptors (Lipinski definition) is 4. The molecule has 0 bridgehead atoms. The Morgan fingerprint density at radius 3 is 2.59 bits per heavy atom. The third-order valence-electron chi connectivity index (χ3n) is 2.85. The van der Waals surface area contributed by atoms with Crippen LogP contribution in [0.15, 0.2) is 4.99 Å². The van der Waals surface area contributed by atoms with Crippen molar-refractivity contribution in [3.63, 3.8) is 0 Å². The first-order valence-corrected chi connectivity index (χ1v) is 6.98. The first kappa shape index (κ1) is 14.1. The summed E-state index contributed by atoms with van der Waals surface area (Å²) in [5.41, 5.74) is 5.58. The molecule has 0 aliphatic carbocycles. The molecule has 1 fully saturated rings. The van der Waals surface area contributed by atoms with E-state index in [1.807, 2.05) is 5.40 Å². The lowest BCUT2D eigenvalue weighted by Crippen LogP contribution is -2.31. The minimum Gasteiger partial charge on any atom is -0.369 e. The van der Waals surface area contributed by atoms with Gasteiger partial charge < -0.3 is 10.6 Å². The number of nitriles is 1. The van der Waals surface area contributed by atoms with Gasteiger partial charge in [-0.3, -0.25) is 9.71 Å². The van der Waals surface area contributed by atoms with Gasteiger partial charge in [-0.25, -0.2) is 0 Å². The van der Waals surface area contributed by atoms with Crippen LogP contribution in [0.1, 0.15) is 32.1 Å². The summed E-state index contributed by atoms with van der Waals surface area (Å²) in [6.07, 6.45) is 6.67. The van der Waals surface area contributed by atoms with E-state index < -0.39 is 0 Å². The van der Waals surface area contributed by atoms with Crippen molar-refractivity contribution in [3.05, 3.63) is 0 Å². The smallest absolute Gasteiger partial charge is 0.199 e. The predicted octanol–water partition coefficient (Wildman–Crippen LogP) is 1.29. The zero-order valence-electron chi connectivity index (χ0n) is 10.2. The summed E-state index contributed by atoms with van der Waals surface area (Å²) >= 11 is 0.894. The zero-order chi connectivity index (χ0) is 12.3. The molecule has 17 heavy (non-hydrogen) atoms. The highest BCUT2D eigenvalue weighted by atomic mass is 32.2. The fraction of sp³-hybridized carbons (Fsp3) is 0.818. The van der Waals surface area contributed by atoms with E-state index in [1.165, 1.54) is 45.2 Å². The van der Waals surface area contributed by atoms with E-state index in [1.54, 1.807) is 0 Å². The lowest BCUT2D eigenvalue weighted by molar-refractivity contribution is 0.254. The van der Waals surface area contributed by atoms with Crippen molar-refractivity contribution in [2.45, 2.75) is 32.1 Å². The molecule has 96 valence electrons. The summed E-state index contributed by atoms with van der Waals surface area (Å²) in [5.74, 6) is 0.337.